The van der Waals surface area contributed by atoms with Crippen molar-refractivity contribution < 1.29 is 19.0 Å². The van der Waals surface area contributed by atoms with E-state index in [0.717, 1.165) is 5.56 Å². The standard InChI is InChI=1S/C16H16FNO4/c1-2-21-16(20)13-14-10(7-8-22-14)9-18(15(13)19)12-5-3-11(17)4-6-12/h3-6,9,16,20H,2,7-8H2,1H3. The highest BCUT2D eigenvalue weighted by Crippen LogP contribution is 2.32. The van der Waals surface area contributed by atoms with Gasteiger partial charge >= 0.3 is 0 Å². The number of aliphatic hydroxyl groups is 1. The molecule has 0 bridgehead atoms. The van der Waals surface area contributed by atoms with Gasteiger partial charge in [-0.05, 0) is 31.2 Å². The summed E-state index contributed by atoms with van der Waals surface area (Å²) in [6.45, 7) is 2.45. The summed E-state index contributed by atoms with van der Waals surface area (Å²) < 4.78 is 25.1. The van der Waals surface area contributed by atoms with Crippen LogP contribution in [0.3, 0.4) is 0 Å². The van der Waals surface area contributed by atoms with Crippen LogP contribution in [-0.4, -0.2) is 22.9 Å². The Kier molecular flexibility index (Phi) is 3.96. The predicted octanol–water partition coefficient (Wildman–Crippen LogP) is 1.94. The number of rotatable bonds is 4. The topological polar surface area (TPSA) is 60.7 Å². The molecule has 1 N–H and O–H groups in total. The second kappa shape index (κ2) is 5.90. The number of aliphatic hydroxyl groups excluding tert-OH is 1. The number of benzene rings is 1. The Morgan fingerprint density at radius 2 is 2.14 bits per heavy atom. The van der Waals surface area contributed by atoms with Gasteiger partial charge in [0.05, 0.1) is 6.61 Å². The van der Waals surface area contributed by atoms with Crippen LogP contribution in [0.1, 0.15) is 24.3 Å². The summed E-state index contributed by atoms with van der Waals surface area (Å²) in [7, 11) is 0. The van der Waals surface area contributed by atoms with E-state index in [1.54, 1.807) is 13.1 Å². The van der Waals surface area contributed by atoms with Crippen LogP contribution >= 0.6 is 0 Å². The van der Waals surface area contributed by atoms with Crippen molar-refractivity contribution in [3.63, 3.8) is 0 Å². The number of hydrogen-bond acceptors (Lipinski definition) is 4. The molecule has 0 spiro atoms. The predicted molar refractivity (Wildman–Crippen MR) is 77.8 cm³/mol. The molecule has 0 radical (unpaired) electrons. The maximum absolute atomic E-state index is 13.1. The molecule has 116 valence electrons. The van der Waals surface area contributed by atoms with Crippen molar-refractivity contribution in [3.05, 3.63) is 57.8 Å². The lowest BCUT2D eigenvalue weighted by Crippen LogP contribution is -2.26. The quantitative estimate of drug-likeness (QED) is 0.877. The van der Waals surface area contributed by atoms with Crippen LogP contribution in [0.4, 0.5) is 4.39 Å². The van der Waals surface area contributed by atoms with Crippen LogP contribution in [0.15, 0.2) is 35.3 Å². The number of aromatic nitrogens is 1. The molecule has 1 atom stereocenters. The summed E-state index contributed by atoms with van der Waals surface area (Å²) in [6.07, 6.45) is 0.958. The van der Waals surface area contributed by atoms with Crippen molar-refractivity contribution in [2.45, 2.75) is 19.6 Å². The average Bonchev–Trinajstić information content (AvgIpc) is 2.95. The van der Waals surface area contributed by atoms with E-state index >= 15 is 0 Å². The molecule has 0 fully saturated rings. The third-order valence-corrected chi connectivity index (χ3v) is 3.56. The van der Waals surface area contributed by atoms with E-state index in [1.807, 2.05) is 0 Å². The zero-order chi connectivity index (χ0) is 15.7. The Hall–Kier alpha value is -2.18. The maximum Gasteiger partial charge on any atom is 0.267 e. The van der Waals surface area contributed by atoms with Crippen LogP contribution < -0.4 is 10.3 Å². The van der Waals surface area contributed by atoms with Gasteiger partial charge in [-0.2, -0.15) is 0 Å². The molecule has 22 heavy (non-hydrogen) atoms. The van der Waals surface area contributed by atoms with Gasteiger partial charge < -0.3 is 14.6 Å². The second-order valence-electron chi connectivity index (χ2n) is 4.95. The lowest BCUT2D eigenvalue weighted by atomic mass is 10.1. The minimum Gasteiger partial charge on any atom is -0.492 e. The largest absolute Gasteiger partial charge is 0.492 e. The summed E-state index contributed by atoms with van der Waals surface area (Å²) in [5, 5.41) is 10.1. The highest BCUT2D eigenvalue weighted by atomic mass is 19.1. The summed E-state index contributed by atoms with van der Waals surface area (Å²) in [5.41, 5.74) is 0.984. The van der Waals surface area contributed by atoms with E-state index in [9.17, 15) is 14.3 Å². The summed E-state index contributed by atoms with van der Waals surface area (Å²) >= 11 is 0. The van der Waals surface area contributed by atoms with Gasteiger partial charge in [0.1, 0.15) is 17.1 Å². The van der Waals surface area contributed by atoms with Gasteiger partial charge in [-0.1, -0.05) is 0 Å². The Bertz CT molecular complexity index is 739. The molecule has 5 nitrogen and oxygen atoms in total. The van der Waals surface area contributed by atoms with E-state index < -0.39 is 11.8 Å². The summed E-state index contributed by atoms with van der Waals surface area (Å²) in [4.78, 5) is 12.7. The SMILES string of the molecule is CCOC(O)c1c2c(cn(-c3ccc(F)cc3)c1=O)CCO2. The molecule has 1 aromatic carbocycles. The molecular weight excluding hydrogens is 289 g/mol. The fourth-order valence-electron chi connectivity index (χ4n) is 2.54. The van der Waals surface area contributed by atoms with Crippen molar-refractivity contribution >= 4 is 0 Å². The summed E-state index contributed by atoms with van der Waals surface area (Å²) in [6, 6.07) is 5.58. The van der Waals surface area contributed by atoms with E-state index in [1.165, 1.54) is 28.8 Å². The van der Waals surface area contributed by atoms with Crippen LogP contribution in [0, 0.1) is 5.82 Å². The highest BCUT2D eigenvalue weighted by molar-refractivity contribution is 5.46. The number of fused-ring (bicyclic) bond motifs is 1. The first-order valence-electron chi connectivity index (χ1n) is 7.08. The maximum atomic E-state index is 13.1. The zero-order valence-corrected chi connectivity index (χ0v) is 12.1. The molecule has 1 aliphatic rings. The lowest BCUT2D eigenvalue weighted by molar-refractivity contribution is -0.0999. The molecule has 6 heteroatoms. The minimum absolute atomic E-state index is 0.0844. The number of nitrogens with zero attached hydrogens (tertiary/aromatic N) is 1. The van der Waals surface area contributed by atoms with Gasteiger partial charge in [0.2, 0.25) is 0 Å². The van der Waals surface area contributed by atoms with Gasteiger partial charge in [-0.3, -0.25) is 9.36 Å². The van der Waals surface area contributed by atoms with Gasteiger partial charge in [-0.25, -0.2) is 4.39 Å². The normalized spacial score (nSPS) is 14.5. The van der Waals surface area contributed by atoms with Crippen LogP contribution in [-0.2, 0) is 11.2 Å². The van der Waals surface area contributed by atoms with Gasteiger partial charge in [0, 0.05) is 30.5 Å². The van der Waals surface area contributed by atoms with Crippen molar-refractivity contribution in [1.82, 2.24) is 4.57 Å². The van der Waals surface area contributed by atoms with Crippen molar-refractivity contribution in [2.24, 2.45) is 0 Å². The zero-order valence-electron chi connectivity index (χ0n) is 12.1. The molecule has 0 amide bonds. The van der Waals surface area contributed by atoms with Crippen LogP contribution in [0.2, 0.25) is 0 Å². The van der Waals surface area contributed by atoms with Crippen LogP contribution in [0.25, 0.3) is 5.69 Å². The molecule has 0 saturated heterocycles. The minimum atomic E-state index is -1.35. The number of hydrogen-bond donors (Lipinski definition) is 1. The van der Waals surface area contributed by atoms with E-state index in [-0.39, 0.29) is 18.0 Å². The fraction of sp³-hybridized carbons (Fsp3) is 0.312. The highest BCUT2D eigenvalue weighted by Gasteiger charge is 2.27. The van der Waals surface area contributed by atoms with Crippen molar-refractivity contribution in [1.29, 1.82) is 0 Å². The third-order valence-electron chi connectivity index (χ3n) is 3.56. The second-order valence-corrected chi connectivity index (χ2v) is 4.95. The monoisotopic (exact) mass is 305 g/mol. The molecule has 3 rings (SSSR count). The van der Waals surface area contributed by atoms with Gasteiger partial charge in [-0.15, -0.1) is 0 Å². The van der Waals surface area contributed by atoms with E-state index in [0.29, 0.717) is 24.5 Å². The molecule has 0 aliphatic carbocycles. The molecule has 1 aliphatic heterocycles. The van der Waals surface area contributed by atoms with E-state index in [4.69, 9.17) is 9.47 Å². The number of pyridine rings is 1. The molecule has 1 unspecified atom stereocenters. The number of halogens is 1. The van der Waals surface area contributed by atoms with Crippen molar-refractivity contribution in [2.75, 3.05) is 13.2 Å². The third kappa shape index (κ3) is 2.51. The molecule has 0 saturated carbocycles. The fourth-order valence-corrected chi connectivity index (χ4v) is 2.54. The van der Waals surface area contributed by atoms with E-state index in [2.05, 4.69) is 0 Å². The smallest absolute Gasteiger partial charge is 0.267 e. The first kappa shape index (κ1) is 14.7. The molecule has 2 aromatic rings. The first-order valence-corrected chi connectivity index (χ1v) is 7.08. The Morgan fingerprint density at radius 1 is 1.41 bits per heavy atom. The number of ether oxygens (including phenoxy) is 2. The van der Waals surface area contributed by atoms with Gasteiger partial charge in [0.25, 0.3) is 5.56 Å². The summed E-state index contributed by atoms with van der Waals surface area (Å²) in [5.74, 6) is 0.0141. The van der Waals surface area contributed by atoms with Crippen molar-refractivity contribution in [3.8, 4) is 11.4 Å². The van der Waals surface area contributed by atoms with Gasteiger partial charge in [0.15, 0.2) is 6.29 Å². The Labute approximate surface area is 126 Å². The average molecular weight is 305 g/mol. The molecule has 1 aromatic heterocycles. The Balaban J connectivity index is 2.18. The molecule has 2 heterocycles. The lowest BCUT2D eigenvalue weighted by Gasteiger charge is -2.16. The molecular formula is C16H16FNO4. The first-order chi connectivity index (χ1) is 10.6. The van der Waals surface area contributed by atoms with Crippen LogP contribution in [0.5, 0.6) is 5.75 Å². The Morgan fingerprint density at radius 3 is 2.82 bits per heavy atom.